The Balaban J connectivity index is 0. The number of nitrogen functional groups attached to an aromatic ring is 1. The first kappa shape index (κ1) is 50.2. The van der Waals surface area contributed by atoms with Crippen molar-refractivity contribution in [3.63, 3.8) is 0 Å². The fourth-order valence-corrected chi connectivity index (χ4v) is 3.40. The van der Waals surface area contributed by atoms with Gasteiger partial charge in [-0.3, -0.25) is 50.1 Å². The van der Waals surface area contributed by atoms with E-state index in [1.807, 2.05) is 30.3 Å². The Hall–Kier alpha value is -4.79. The van der Waals surface area contributed by atoms with E-state index in [0.29, 0.717) is 22.9 Å². The predicted molar refractivity (Wildman–Crippen MR) is 186 cm³/mol. The summed E-state index contributed by atoms with van der Waals surface area (Å²) in [6, 6.07) is 28.3. The molecule has 21 heteroatoms. The Morgan fingerprint density at radius 3 is 1.31 bits per heavy atom. The molecule has 0 saturated heterocycles. The largest absolute Gasteiger partial charge is 1.00 e. The summed E-state index contributed by atoms with van der Waals surface area (Å²) in [5, 5.41) is 47.9. The molecule has 0 saturated carbocycles. The number of non-ortho nitro benzene ring substituents is 3. The van der Waals surface area contributed by atoms with Crippen LogP contribution >= 0.6 is 0 Å². The van der Waals surface area contributed by atoms with E-state index in [4.69, 9.17) is 30.4 Å². The summed E-state index contributed by atoms with van der Waals surface area (Å²) in [6.45, 7) is -0.181. The molecule has 6 rings (SSSR count). The number of rotatable bonds is 8. The fourth-order valence-electron chi connectivity index (χ4n) is 3.40. The molecule has 3 N–H and O–H groups in total. The molecule has 3 aromatic heterocycles. The van der Waals surface area contributed by atoms with Gasteiger partial charge in [-0.25, -0.2) is 0 Å². The molecule has 0 radical (unpaired) electrons. The van der Waals surface area contributed by atoms with E-state index in [2.05, 4.69) is 19.8 Å². The van der Waals surface area contributed by atoms with E-state index in [1.54, 1.807) is 73.4 Å². The van der Waals surface area contributed by atoms with E-state index in [-0.39, 0.29) is 133 Å². The number of carbonyl (C=O) groups is 1. The Kier molecular flexibility index (Phi) is 27.0. The molecule has 6 aromatic rings. The van der Waals surface area contributed by atoms with Gasteiger partial charge in [0.15, 0.2) is 0 Å². The number of carbonyl (C=O) groups excluding carboxylic acids is 1. The zero-order valence-electron chi connectivity index (χ0n) is 30.1. The van der Waals surface area contributed by atoms with Gasteiger partial charge in [0.1, 0.15) is 28.7 Å². The summed E-state index contributed by atoms with van der Waals surface area (Å²) in [4.78, 5) is 51.8. The molecule has 3 heterocycles. The molecule has 274 valence electrons. The summed E-state index contributed by atoms with van der Waals surface area (Å²) in [5.74, 6) is 2.60. The van der Waals surface area contributed by atoms with Crippen LogP contribution in [0, 0.1) is 30.3 Å². The average Bonchev–Trinajstić information content (AvgIpc) is 3.17. The topological polar surface area (TPSA) is 282 Å². The Bertz CT molecular complexity index is 2000. The Labute approximate surface area is 398 Å². The van der Waals surface area contributed by atoms with Gasteiger partial charge in [0.25, 0.3) is 23.5 Å². The molecule has 0 spiro atoms. The second kappa shape index (κ2) is 29.6. The summed E-state index contributed by atoms with van der Waals surface area (Å²) in [7, 11) is 0. The minimum atomic E-state index is -0.674. The molecular formula is C34H29K2N7O12. The van der Waals surface area contributed by atoms with E-state index in [9.17, 15) is 30.3 Å². The van der Waals surface area contributed by atoms with Crippen molar-refractivity contribution >= 4 is 29.2 Å². The van der Waals surface area contributed by atoms with Gasteiger partial charge in [0.2, 0.25) is 0 Å². The molecule has 19 nitrogen and oxygen atoms in total. The second-order valence-corrected chi connectivity index (χ2v) is 9.35. The number of aromatic hydroxyl groups is 1. The van der Waals surface area contributed by atoms with Gasteiger partial charge < -0.3 is 31.9 Å². The van der Waals surface area contributed by atoms with E-state index in [1.165, 1.54) is 36.5 Å². The van der Waals surface area contributed by atoms with E-state index >= 15 is 0 Å². The number of hydrogen-bond donors (Lipinski definition) is 2. The Morgan fingerprint density at radius 1 is 0.582 bits per heavy atom. The smallest absolute Gasteiger partial charge is 1.00 e. The van der Waals surface area contributed by atoms with Crippen LogP contribution in [0.15, 0.2) is 146 Å². The maximum absolute atomic E-state index is 10.5. The molecule has 0 aliphatic rings. The van der Waals surface area contributed by atoms with Crippen molar-refractivity contribution in [3.05, 3.63) is 177 Å². The van der Waals surface area contributed by atoms with Crippen molar-refractivity contribution in [3.8, 4) is 28.7 Å². The number of nitrogens with two attached hydrogens (primary N) is 1. The van der Waals surface area contributed by atoms with Crippen LogP contribution in [-0.2, 0) is 9.68 Å². The van der Waals surface area contributed by atoms with Crippen LogP contribution in [0.4, 0.5) is 22.7 Å². The van der Waals surface area contributed by atoms with Crippen molar-refractivity contribution in [2.75, 3.05) is 5.73 Å². The van der Waals surface area contributed by atoms with Gasteiger partial charge in [0.05, 0.1) is 45.5 Å². The van der Waals surface area contributed by atoms with E-state index in [0.717, 1.165) is 11.8 Å². The van der Waals surface area contributed by atoms with Gasteiger partial charge >= 0.3 is 103 Å². The maximum atomic E-state index is 10.5. The monoisotopic (exact) mass is 805 g/mol. The normalized spacial score (nSPS) is 8.82. The first-order valence-electron chi connectivity index (χ1n) is 14.5. The number of pyridine rings is 3. The summed E-state index contributed by atoms with van der Waals surface area (Å²) in [5.41, 5.74) is 5.76. The van der Waals surface area contributed by atoms with Crippen LogP contribution in [0.5, 0.6) is 28.7 Å². The zero-order chi connectivity index (χ0) is 38.8. The summed E-state index contributed by atoms with van der Waals surface area (Å²) in [6.07, 6.45) is 9.52. The fraction of sp³-hybridized carbons (Fsp3) is 0. The number of anilines is 1. The summed E-state index contributed by atoms with van der Waals surface area (Å²) < 4.78 is 10.9. The van der Waals surface area contributed by atoms with Crippen molar-refractivity contribution in [2.24, 2.45) is 0 Å². The first-order chi connectivity index (χ1) is 25.5. The number of nitro groups is 3. The molecular weight excluding hydrogens is 777 g/mol. The minimum absolute atomic E-state index is 0. The van der Waals surface area contributed by atoms with Crippen molar-refractivity contribution in [2.45, 2.75) is 0 Å². The first-order valence-corrected chi connectivity index (χ1v) is 14.5. The molecule has 0 amide bonds. The zero-order valence-corrected chi connectivity index (χ0v) is 35.4. The number of benzene rings is 3. The predicted octanol–water partition coefficient (Wildman–Crippen LogP) is 0.0836. The third kappa shape index (κ3) is 22.3. The molecule has 3 aromatic carbocycles. The van der Waals surface area contributed by atoms with Crippen molar-refractivity contribution < 1.29 is 148 Å². The maximum Gasteiger partial charge on any atom is 1.00 e. The third-order valence-electron chi connectivity index (χ3n) is 5.56. The quantitative estimate of drug-likeness (QED) is 0.0514. The van der Waals surface area contributed by atoms with Gasteiger partial charge in [-0.05, 0) is 60.7 Å². The molecule has 0 bridgehead atoms. The third-order valence-corrected chi connectivity index (χ3v) is 5.56. The minimum Gasteiger partial charge on any atom is -1.00 e. The number of nitrogens with zero attached hydrogens (tertiary/aromatic N) is 6. The van der Waals surface area contributed by atoms with Crippen LogP contribution < -0.4 is 123 Å². The van der Waals surface area contributed by atoms with Crippen LogP contribution in [0.3, 0.4) is 0 Å². The van der Waals surface area contributed by atoms with Crippen LogP contribution in [-0.4, -0.2) is 41.3 Å². The molecule has 0 fully saturated rings. The van der Waals surface area contributed by atoms with Gasteiger partial charge in [0, 0.05) is 48.5 Å². The molecule has 0 unspecified atom stereocenters. The van der Waals surface area contributed by atoms with E-state index < -0.39 is 14.8 Å². The van der Waals surface area contributed by atoms with Crippen LogP contribution in [0.25, 0.3) is 0 Å². The summed E-state index contributed by atoms with van der Waals surface area (Å²) >= 11 is 0. The molecule has 0 aliphatic carbocycles. The van der Waals surface area contributed by atoms with Crippen LogP contribution in [0.2, 0.25) is 0 Å². The molecule has 0 atom stereocenters. The SMILES string of the molecule is Nc1cccc(Oc2cccnc2)c1.O=CO[O-].O=[N+]([O-])c1cccc(Oc2cccnc2)c1.O=[N+]([O-])c1cccc([N+](=O)[O-])c1.Oc1cccnc1.[H-].[K+].[K+]. The van der Waals surface area contributed by atoms with Crippen LogP contribution in [0.1, 0.15) is 1.43 Å². The van der Waals surface area contributed by atoms with Crippen molar-refractivity contribution in [1.82, 2.24) is 15.0 Å². The number of nitro benzene ring substituents is 3. The van der Waals surface area contributed by atoms with Gasteiger partial charge in [-0.1, -0.05) is 12.1 Å². The van der Waals surface area contributed by atoms with Gasteiger partial charge in [-0.15, -0.1) is 0 Å². The van der Waals surface area contributed by atoms with Gasteiger partial charge in [-0.2, -0.15) is 0 Å². The average molecular weight is 806 g/mol. The number of aromatic nitrogens is 3. The standard InChI is InChI=1S/C11H8N2O3.C11H10N2O.C6H4N2O4.C5H5NO.CH2O3.2K.H/c14-13(15)9-3-1-4-10(7-9)16-11-5-2-6-12-8-11;12-9-3-1-4-10(7-9)14-11-5-2-6-13-8-11;9-7(10)5-2-1-3-6(4-5)8(11)12;7-5-2-1-3-6-4-5;2-1-4-3;;;/h1-8H;1-8H,12H2;1-4H;1-4,7H;1,3H;;;/q;;;;;2*+1;-1/p-1. The Morgan fingerprint density at radius 2 is 0.964 bits per heavy atom. The van der Waals surface area contributed by atoms with Crippen molar-refractivity contribution in [1.29, 1.82) is 0 Å². The second-order valence-electron chi connectivity index (χ2n) is 9.35. The number of ether oxygens (including phenoxy) is 2. The molecule has 55 heavy (non-hydrogen) atoms. The molecule has 0 aliphatic heterocycles. The number of hydrogen-bond acceptors (Lipinski definition) is 16.